The Morgan fingerprint density at radius 1 is 1.06 bits per heavy atom. The van der Waals surface area contributed by atoms with E-state index in [0.29, 0.717) is 28.5 Å². The summed E-state index contributed by atoms with van der Waals surface area (Å²) in [5, 5.41) is 5.63. The predicted molar refractivity (Wildman–Crippen MR) is 120 cm³/mol. The van der Waals surface area contributed by atoms with E-state index in [1.165, 1.54) is 24.3 Å². The van der Waals surface area contributed by atoms with E-state index in [-0.39, 0.29) is 30.2 Å². The standard InChI is InChI=1S/C24H24FN5O2/c1-16-20(24(32)29-18-6-3-2-4-7-18)14-26-23(27-16)21-8-5-13-30(21)15-22(31)28-19-11-9-17(25)10-12-19/h2-4,6-7,9-12,14,21H,5,8,13,15H2,1H3,(H,28,31)(H,29,32)/t21-/m0/s1. The van der Waals surface area contributed by atoms with Gasteiger partial charge in [0, 0.05) is 17.6 Å². The molecule has 2 heterocycles. The predicted octanol–water partition coefficient (Wildman–Crippen LogP) is 3.95. The molecule has 2 aromatic carbocycles. The molecule has 1 saturated heterocycles. The Labute approximate surface area is 185 Å². The summed E-state index contributed by atoms with van der Waals surface area (Å²) in [6.07, 6.45) is 3.30. The molecular weight excluding hydrogens is 409 g/mol. The molecule has 0 spiro atoms. The molecule has 8 heteroatoms. The zero-order valence-electron chi connectivity index (χ0n) is 17.7. The van der Waals surface area contributed by atoms with Crippen LogP contribution in [0.3, 0.4) is 0 Å². The minimum Gasteiger partial charge on any atom is -0.325 e. The SMILES string of the molecule is Cc1nc([C@@H]2CCCN2CC(=O)Nc2ccc(F)cc2)ncc1C(=O)Nc1ccccc1. The molecule has 1 atom stereocenters. The molecule has 1 aromatic heterocycles. The maximum Gasteiger partial charge on any atom is 0.259 e. The third kappa shape index (κ3) is 5.15. The Bertz CT molecular complexity index is 1110. The maximum absolute atomic E-state index is 13.1. The van der Waals surface area contributed by atoms with E-state index in [1.54, 1.807) is 13.1 Å². The maximum atomic E-state index is 13.1. The number of amides is 2. The van der Waals surface area contributed by atoms with Crippen LogP contribution in [-0.4, -0.2) is 39.8 Å². The summed E-state index contributed by atoms with van der Waals surface area (Å²) in [5.41, 5.74) is 2.25. The Kier molecular flexibility index (Phi) is 6.51. The lowest BCUT2D eigenvalue weighted by atomic mass is 10.1. The molecule has 0 bridgehead atoms. The average Bonchev–Trinajstić information content (AvgIpc) is 3.24. The van der Waals surface area contributed by atoms with E-state index in [0.717, 1.165) is 19.4 Å². The molecule has 1 aliphatic heterocycles. The summed E-state index contributed by atoms with van der Waals surface area (Å²) in [5.74, 6) is -0.192. The smallest absolute Gasteiger partial charge is 0.259 e. The highest BCUT2D eigenvalue weighted by molar-refractivity contribution is 6.04. The molecule has 1 fully saturated rings. The molecule has 3 aromatic rings. The van der Waals surface area contributed by atoms with Crippen molar-refractivity contribution in [3.8, 4) is 0 Å². The molecule has 0 aliphatic carbocycles. The van der Waals surface area contributed by atoms with Gasteiger partial charge < -0.3 is 10.6 Å². The molecule has 7 nitrogen and oxygen atoms in total. The van der Waals surface area contributed by atoms with Crippen molar-refractivity contribution in [3.63, 3.8) is 0 Å². The number of benzene rings is 2. The Hall–Kier alpha value is -3.65. The summed E-state index contributed by atoms with van der Waals surface area (Å²) in [6.45, 7) is 2.71. The molecule has 4 rings (SSSR count). The number of carbonyl (C=O) groups excluding carboxylic acids is 2. The van der Waals surface area contributed by atoms with Gasteiger partial charge in [0.15, 0.2) is 0 Å². The third-order valence-corrected chi connectivity index (χ3v) is 5.41. The van der Waals surface area contributed by atoms with Crippen LogP contribution in [0.4, 0.5) is 15.8 Å². The summed E-state index contributed by atoms with van der Waals surface area (Å²) >= 11 is 0. The van der Waals surface area contributed by atoms with Gasteiger partial charge in [-0.3, -0.25) is 14.5 Å². The second-order valence-electron chi connectivity index (χ2n) is 7.73. The van der Waals surface area contributed by atoms with E-state index in [2.05, 4.69) is 20.6 Å². The van der Waals surface area contributed by atoms with Crippen molar-refractivity contribution in [2.75, 3.05) is 23.7 Å². The largest absolute Gasteiger partial charge is 0.325 e. The number of aryl methyl sites for hydroxylation is 1. The number of halogens is 1. The monoisotopic (exact) mass is 433 g/mol. The lowest BCUT2D eigenvalue weighted by Gasteiger charge is -2.23. The third-order valence-electron chi connectivity index (χ3n) is 5.41. The molecule has 2 N–H and O–H groups in total. The molecule has 2 amide bonds. The van der Waals surface area contributed by atoms with Gasteiger partial charge in [0.25, 0.3) is 5.91 Å². The van der Waals surface area contributed by atoms with Crippen LogP contribution in [0.5, 0.6) is 0 Å². The summed E-state index contributed by atoms with van der Waals surface area (Å²) in [4.78, 5) is 36.1. The lowest BCUT2D eigenvalue weighted by Crippen LogP contribution is -2.33. The van der Waals surface area contributed by atoms with Crippen molar-refractivity contribution in [2.24, 2.45) is 0 Å². The van der Waals surface area contributed by atoms with Crippen molar-refractivity contribution in [3.05, 3.63) is 83.7 Å². The van der Waals surface area contributed by atoms with Gasteiger partial charge in [-0.05, 0) is 62.7 Å². The van der Waals surface area contributed by atoms with Crippen LogP contribution in [0.2, 0.25) is 0 Å². The number of anilines is 2. The first-order valence-electron chi connectivity index (χ1n) is 10.5. The van der Waals surface area contributed by atoms with Crippen molar-refractivity contribution in [1.29, 1.82) is 0 Å². The van der Waals surface area contributed by atoms with Crippen LogP contribution in [0.1, 0.15) is 40.8 Å². The summed E-state index contributed by atoms with van der Waals surface area (Å²) in [6, 6.07) is 14.8. The lowest BCUT2D eigenvalue weighted by molar-refractivity contribution is -0.117. The van der Waals surface area contributed by atoms with Gasteiger partial charge in [-0.2, -0.15) is 0 Å². The first-order valence-corrected chi connectivity index (χ1v) is 10.5. The molecule has 0 radical (unpaired) electrons. The van der Waals surface area contributed by atoms with Gasteiger partial charge in [0.1, 0.15) is 11.6 Å². The van der Waals surface area contributed by atoms with Crippen LogP contribution in [0.25, 0.3) is 0 Å². The minimum atomic E-state index is -0.351. The van der Waals surface area contributed by atoms with Gasteiger partial charge in [0.2, 0.25) is 5.91 Å². The summed E-state index contributed by atoms with van der Waals surface area (Å²) in [7, 11) is 0. The summed E-state index contributed by atoms with van der Waals surface area (Å²) < 4.78 is 13.1. The van der Waals surface area contributed by atoms with E-state index >= 15 is 0 Å². The zero-order valence-corrected chi connectivity index (χ0v) is 17.7. The molecule has 164 valence electrons. The van der Waals surface area contributed by atoms with Gasteiger partial charge >= 0.3 is 0 Å². The highest BCUT2D eigenvalue weighted by atomic mass is 19.1. The van der Waals surface area contributed by atoms with Crippen molar-refractivity contribution < 1.29 is 14.0 Å². The minimum absolute atomic E-state index is 0.0982. The first-order chi connectivity index (χ1) is 15.5. The Morgan fingerprint density at radius 3 is 2.50 bits per heavy atom. The molecule has 1 aliphatic rings. The van der Waals surface area contributed by atoms with Gasteiger partial charge in [-0.15, -0.1) is 0 Å². The highest BCUT2D eigenvalue weighted by Gasteiger charge is 2.30. The molecular formula is C24H24FN5O2. The fourth-order valence-corrected chi connectivity index (χ4v) is 3.81. The van der Waals surface area contributed by atoms with E-state index < -0.39 is 0 Å². The van der Waals surface area contributed by atoms with Gasteiger partial charge in [-0.25, -0.2) is 14.4 Å². The number of para-hydroxylation sites is 1. The van der Waals surface area contributed by atoms with Crippen LogP contribution in [-0.2, 0) is 4.79 Å². The normalized spacial score (nSPS) is 16.0. The average molecular weight is 433 g/mol. The van der Waals surface area contributed by atoms with Gasteiger partial charge in [-0.1, -0.05) is 18.2 Å². The van der Waals surface area contributed by atoms with Crippen LogP contribution >= 0.6 is 0 Å². The number of rotatable bonds is 6. The number of likely N-dealkylation sites (tertiary alicyclic amines) is 1. The van der Waals surface area contributed by atoms with Crippen LogP contribution in [0.15, 0.2) is 60.8 Å². The zero-order chi connectivity index (χ0) is 22.5. The van der Waals surface area contributed by atoms with Crippen molar-refractivity contribution in [1.82, 2.24) is 14.9 Å². The van der Waals surface area contributed by atoms with Crippen LogP contribution in [0, 0.1) is 12.7 Å². The fourth-order valence-electron chi connectivity index (χ4n) is 3.81. The Balaban J connectivity index is 1.42. The number of carbonyl (C=O) groups is 2. The van der Waals surface area contributed by atoms with E-state index in [4.69, 9.17) is 0 Å². The quantitative estimate of drug-likeness (QED) is 0.615. The van der Waals surface area contributed by atoms with E-state index in [9.17, 15) is 14.0 Å². The number of hydrogen-bond donors (Lipinski definition) is 2. The first kappa shape index (κ1) is 21.6. The number of nitrogens with zero attached hydrogens (tertiary/aromatic N) is 3. The fraction of sp³-hybridized carbons (Fsp3) is 0.250. The van der Waals surface area contributed by atoms with Gasteiger partial charge in [0.05, 0.1) is 23.8 Å². The van der Waals surface area contributed by atoms with E-state index in [1.807, 2.05) is 35.2 Å². The topological polar surface area (TPSA) is 87.2 Å². The molecule has 32 heavy (non-hydrogen) atoms. The van der Waals surface area contributed by atoms with Crippen molar-refractivity contribution >= 4 is 23.2 Å². The second-order valence-corrected chi connectivity index (χ2v) is 7.73. The molecule has 0 unspecified atom stereocenters. The highest BCUT2D eigenvalue weighted by Crippen LogP contribution is 2.30. The number of aromatic nitrogens is 2. The second kappa shape index (κ2) is 9.65. The number of nitrogens with one attached hydrogen (secondary N) is 2. The number of hydrogen-bond acceptors (Lipinski definition) is 5. The molecule has 0 saturated carbocycles. The van der Waals surface area contributed by atoms with Crippen molar-refractivity contribution in [2.45, 2.75) is 25.8 Å². The Morgan fingerprint density at radius 2 is 1.78 bits per heavy atom. The van der Waals surface area contributed by atoms with Crippen LogP contribution < -0.4 is 10.6 Å².